The molecule has 0 bridgehead atoms. The van der Waals surface area contributed by atoms with Crippen molar-refractivity contribution < 1.29 is 19.2 Å². The van der Waals surface area contributed by atoms with Crippen molar-refractivity contribution in [1.29, 1.82) is 0 Å². The second kappa shape index (κ2) is 12.0. The third-order valence-electron chi connectivity index (χ3n) is 7.22. The Morgan fingerprint density at radius 1 is 1.02 bits per heavy atom. The molecule has 3 aromatic rings. The molecule has 5 rings (SSSR count). The molecule has 1 saturated heterocycles. The Balaban J connectivity index is 1.89. The number of fused-ring (bicyclic) bond motifs is 1. The quantitative estimate of drug-likeness (QED) is 0.155. The fraction of sp³-hybridized carbons (Fsp3) is 0.321. The number of hydrogen-bond donors (Lipinski definition) is 0. The first-order chi connectivity index (χ1) is 19.7. The lowest BCUT2D eigenvalue weighted by Crippen LogP contribution is -2.49. The zero-order valence-electron chi connectivity index (χ0n) is 22.9. The Bertz CT molecular complexity index is 1560. The van der Waals surface area contributed by atoms with Gasteiger partial charge in [0.15, 0.2) is 7.36 Å². The normalized spacial score (nSPS) is 19.0. The molecule has 41 heavy (non-hydrogen) atoms. The van der Waals surface area contributed by atoms with Gasteiger partial charge in [-0.2, -0.15) is 0 Å². The van der Waals surface area contributed by atoms with E-state index in [1.807, 2.05) is 25.1 Å². The maximum absolute atomic E-state index is 14.1. The minimum absolute atomic E-state index is 0.0905. The topological polar surface area (TPSA) is 101 Å². The molecule has 1 atom stereocenters. The Labute approximate surface area is 248 Å². The van der Waals surface area contributed by atoms with E-state index in [1.54, 1.807) is 28.9 Å². The summed E-state index contributed by atoms with van der Waals surface area (Å²) in [6.07, 6.45) is -0.626. The molecule has 1 fully saturated rings. The van der Waals surface area contributed by atoms with E-state index in [-0.39, 0.29) is 10.7 Å². The van der Waals surface area contributed by atoms with Crippen LogP contribution in [0.1, 0.15) is 19.4 Å². The van der Waals surface area contributed by atoms with Gasteiger partial charge in [0.05, 0.1) is 44.9 Å². The number of non-ortho nitro benzene ring substituents is 1. The smallest absolute Gasteiger partial charge is 0.409 e. The number of nitro benzene ring substituents is 1. The van der Waals surface area contributed by atoms with Gasteiger partial charge in [-0.05, 0) is 56.7 Å². The number of carbonyl (C=O) groups excluding carboxylic acids is 1. The van der Waals surface area contributed by atoms with E-state index in [1.165, 1.54) is 12.1 Å². The average Bonchev–Trinajstić information content (AvgIpc) is 2.96. The zero-order chi connectivity index (χ0) is 29.3. The monoisotopic (exact) mass is 617 g/mol. The highest BCUT2D eigenvalue weighted by Gasteiger charge is 2.48. The lowest BCUT2D eigenvalue weighted by Gasteiger charge is -2.47. The van der Waals surface area contributed by atoms with Crippen LogP contribution in [0.2, 0.25) is 10.0 Å². The number of benzene rings is 3. The Hall–Kier alpha value is -3.14. The number of nitrogens with zero attached hydrogens (tertiary/aromatic N) is 5. The van der Waals surface area contributed by atoms with Crippen LogP contribution in [-0.4, -0.2) is 55.1 Å². The lowest BCUT2D eigenvalue weighted by molar-refractivity contribution is -0.384. The minimum Gasteiger partial charge on any atom is -0.409 e. The number of nitro groups is 1. The minimum atomic E-state index is -3.25. The largest absolute Gasteiger partial charge is 0.425 e. The summed E-state index contributed by atoms with van der Waals surface area (Å²) in [7, 11) is -3.25. The summed E-state index contributed by atoms with van der Waals surface area (Å²) >= 11 is 12.7. The lowest BCUT2D eigenvalue weighted by atomic mass is 10.2. The van der Waals surface area contributed by atoms with E-state index in [4.69, 9.17) is 37.4 Å². The van der Waals surface area contributed by atoms with Gasteiger partial charge >= 0.3 is 6.09 Å². The van der Waals surface area contributed by atoms with Crippen LogP contribution >= 0.6 is 30.6 Å². The molecule has 0 aromatic heterocycles. The van der Waals surface area contributed by atoms with Crippen molar-refractivity contribution in [3.8, 4) is 5.75 Å². The molecule has 1 amide bonds. The van der Waals surface area contributed by atoms with Crippen LogP contribution < -0.4 is 19.6 Å². The molecular weight excluding hydrogens is 588 g/mol. The van der Waals surface area contributed by atoms with Crippen molar-refractivity contribution in [2.45, 2.75) is 20.8 Å². The predicted molar refractivity (Wildman–Crippen MR) is 164 cm³/mol. The van der Waals surface area contributed by atoms with Crippen LogP contribution in [0.5, 0.6) is 5.75 Å². The molecule has 13 heteroatoms. The van der Waals surface area contributed by atoms with Crippen molar-refractivity contribution in [3.05, 3.63) is 80.3 Å². The number of aryl methyl sites for hydroxylation is 1. The van der Waals surface area contributed by atoms with Crippen molar-refractivity contribution >= 4 is 64.7 Å². The number of rotatable bonds is 7. The molecule has 3 aromatic carbocycles. The van der Waals surface area contributed by atoms with E-state index < -0.39 is 18.4 Å². The van der Waals surface area contributed by atoms with Crippen LogP contribution in [0.3, 0.4) is 0 Å². The number of carbonyl (C=O) groups is 1. The van der Waals surface area contributed by atoms with Gasteiger partial charge in [0.1, 0.15) is 5.75 Å². The molecule has 2 aliphatic rings. The van der Waals surface area contributed by atoms with Crippen LogP contribution in [0, 0.1) is 17.0 Å². The molecule has 0 spiro atoms. The summed E-state index contributed by atoms with van der Waals surface area (Å²) in [5.74, 6) is 0.405. The molecule has 10 nitrogen and oxygen atoms in total. The summed E-state index contributed by atoms with van der Waals surface area (Å²) in [6.45, 7) is 9.35. The highest BCUT2D eigenvalue weighted by molar-refractivity contribution is 7.74. The van der Waals surface area contributed by atoms with Crippen LogP contribution in [0.4, 0.5) is 27.5 Å². The van der Waals surface area contributed by atoms with Gasteiger partial charge in [-0.25, -0.2) is 18.9 Å². The van der Waals surface area contributed by atoms with Gasteiger partial charge < -0.3 is 14.4 Å². The first-order valence-electron chi connectivity index (χ1n) is 13.3. The SMILES string of the molecule is CCN(CC)c1ccc2c(c1)OC(=O)N(c1ccc(Cl)c(Cl)c1)[P@]2(=Nc1cc([N+](=O)[O-])ccc1C)N1CCOCC1. The Morgan fingerprint density at radius 3 is 2.41 bits per heavy atom. The number of hydrogen-bond acceptors (Lipinski definition) is 7. The number of amides is 1. The second-order valence-electron chi connectivity index (χ2n) is 9.56. The summed E-state index contributed by atoms with van der Waals surface area (Å²) in [5, 5.41) is 13.1. The number of anilines is 2. The molecule has 0 radical (unpaired) electrons. The molecular formula is C28H30Cl2N5O5P. The Morgan fingerprint density at radius 2 is 1.76 bits per heavy atom. The zero-order valence-corrected chi connectivity index (χ0v) is 25.3. The highest BCUT2D eigenvalue weighted by atomic mass is 35.5. The maximum Gasteiger partial charge on any atom is 0.425 e. The number of halogens is 2. The molecule has 0 N–H and O–H groups in total. The fourth-order valence-corrected chi connectivity index (χ4v) is 9.12. The van der Waals surface area contributed by atoms with Gasteiger partial charge in [-0.15, -0.1) is 0 Å². The fourth-order valence-electron chi connectivity index (χ4n) is 5.10. The van der Waals surface area contributed by atoms with Gasteiger partial charge in [0.2, 0.25) is 0 Å². The standard InChI is InChI=1S/C28H30Cl2N5O5P/c1-4-32(5-2)20-9-11-27-26(18-20)40-28(36)34(21-8-10-23(29)24(30)16-21)41(27,33-12-14-39-15-13-33)31-25-17-22(35(37)38)7-6-19(25)3/h6-11,16-18H,4-5,12-15H2,1-3H3/t41-/m1/s1. The first kappa shape index (κ1) is 29.4. The summed E-state index contributed by atoms with van der Waals surface area (Å²) < 4.78 is 20.8. The van der Waals surface area contributed by atoms with Crippen molar-refractivity contribution in [2.24, 2.45) is 4.74 Å². The van der Waals surface area contributed by atoms with E-state index >= 15 is 0 Å². The van der Waals surface area contributed by atoms with E-state index in [0.29, 0.717) is 53.8 Å². The number of morpholine rings is 1. The molecule has 0 saturated carbocycles. The predicted octanol–water partition coefficient (Wildman–Crippen LogP) is 7.40. The van der Waals surface area contributed by atoms with Gasteiger partial charge in [0.25, 0.3) is 5.69 Å². The summed E-state index contributed by atoms with van der Waals surface area (Å²) in [4.78, 5) is 27.5. The molecule has 2 aliphatic heterocycles. The first-order valence-corrected chi connectivity index (χ1v) is 15.7. The molecule has 2 heterocycles. The van der Waals surface area contributed by atoms with Crippen LogP contribution in [0.25, 0.3) is 0 Å². The van der Waals surface area contributed by atoms with Crippen molar-refractivity contribution in [1.82, 2.24) is 4.67 Å². The number of ether oxygens (including phenoxy) is 2. The summed E-state index contributed by atoms with van der Waals surface area (Å²) in [5.41, 5.74) is 2.42. The van der Waals surface area contributed by atoms with Crippen molar-refractivity contribution in [2.75, 3.05) is 49.0 Å². The second-order valence-corrected chi connectivity index (χ2v) is 13.2. The van der Waals surface area contributed by atoms with E-state index in [0.717, 1.165) is 24.3 Å². The maximum atomic E-state index is 14.1. The van der Waals surface area contributed by atoms with Crippen molar-refractivity contribution in [3.63, 3.8) is 0 Å². The average molecular weight is 618 g/mol. The van der Waals surface area contributed by atoms with Gasteiger partial charge in [-0.3, -0.25) is 10.1 Å². The third kappa shape index (κ3) is 5.43. The van der Waals surface area contributed by atoms with Crippen LogP contribution in [-0.2, 0) is 4.74 Å². The Kier molecular flexibility index (Phi) is 8.59. The highest BCUT2D eigenvalue weighted by Crippen LogP contribution is 2.63. The summed E-state index contributed by atoms with van der Waals surface area (Å²) in [6, 6.07) is 15.3. The molecule has 0 unspecified atom stereocenters. The third-order valence-corrected chi connectivity index (χ3v) is 11.6. The molecule has 216 valence electrons. The van der Waals surface area contributed by atoms with Gasteiger partial charge in [0, 0.05) is 50.1 Å². The van der Waals surface area contributed by atoms with E-state index in [2.05, 4.69) is 23.4 Å². The molecule has 0 aliphatic carbocycles. The van der Waals surface area contributed by atoms with Crippen LogP contribution in [0.15, 0.2) is 59.3 Å². The van der Waals surface area contributed by atoms with Gasteiger partial charge in [-0.1, -0.05) is 29.3 Å². The van der Waals surface area contributed by atoms with E-state index in [9.17, 15) is 14.9 Å².